The van der Waals surface area contributed by atoms with E-state index in [1.807, 2.05) is 0 Å². The van der Waals surface area contributed by atoms with Crippen molar-refractivity contribution in [2.45, 2.75) is 24.8 Å². The molecule has 0 aliphatic heterocycles. The molecule has 0 saturated heterocycles. The van der Waals surface area contributed by atoms with Gasteiger partial charge in [-0.05, 0) is 63.8 Å². The summed E-state index contributed by atoms with van der Waals surface area (Å²) in [5, 5.41) is 9.27. The van der Waals surface area contributed by atoms with Crippen LogP contribution in [0.2, 0.25) is 0 Å². The van der Waals surface area contributed by atoms with Crippen LogP contribution in [0.3, 0.4) is 0 Å². The van der Waals surface area contributed by atoms with Crippen LogP contribution in [0, 0.1) is 3.57 Å². The maximum absolute atomic E-state index is 11.9. The molecule has 6 heteroatoms. The molecule has 1 fully saturated rings. The van der Waals surface area contributed by atoms with E-state index in [4.69, 9.17) is 0 Å². The molecule has 0 unspecified atom stereocenters. The number of rotatable bonds is 2. The maximum atomic E-state index is 11.9. The largest absolute Gasteiger partial charge is 0.479 e. The molecule has 1 aromatic heterocycles. The number of carboxylic acid groups (broad SMARTS) is 1. The minimum absolute atomic E-state index is 0.275. The Morgan fingerprint density at radius 3 is 2.62 bits per heavy atom. The number of hydrogen-bond acceptors (Lipinski definition) is 2. The van der Waals surface area contributed by atoms with E-state index in [9.17, 15) is 14.7 Å². The number of carbonyl (C=O) groups is 1. The van der Waals surface area contributed by atoms with Crippen molar-refractivity contribution >= 4 is 44.5 Å². The van der Waals surface area contributed by atoms with Gasteiger partial charge in [0.05, 0.1) is 4.47 Å². The first-order chi connectivity index (χ1) is 7.47. The highest BCUT2D eigenvalue weighted by atomic mass is 127. The molecule has 0 bridgehead atoms. The Kier molecular flexibility index (Phi) is 3.13. The normalized spacial score (nSPS) is 17.9. The molecule has 4 nitrogen and oxygen atoms in total. The van der Waals surface area contributed by atoms with Crippen molar-refractivity contribution < 1.29 is 9.90 Å². The molecule has 1 heterocycles. The second kappa shape index (κ2) is 4.14. The van der Waals surface area contributed by atoms with E-state index in [1.54, 1.807) is 12.3 Å². The standard InChI is InChI=1S/C10H9BrINO3/c11-7-4-6(12)5-13(8(7)14)10(9(15)16)2-1-3-10/h4-5H,1-3H2,(H,15,16). The summed E-state index contributed by atoms with van der Waals surface area (Å²) in [5.74, 6) is -0.922. The van der Waals surface area contributed by atoms with Crippen molar-refractivity contribution in [3.63, 3.8) is 0 Å². The van der Waals surface area contributed by atoms with Gasteiger partial charge in [-0.1, -0.05) is 0 Å². The van der Waals surface area contributed by atoms with Crippen LogP contribution >= 0.6 is 38.5 Å². The molecule has 0 amide bonds. The molecular weight excluding hydrogens is 389 g/mol. The SMILES string of the molecule is O=C(O)C1(n2cc(I)cc(Br)c2=O)CCC1. The fourth-order valence-corrected chi connectivity index (χ4v) is 3.36. The molecule has 1 N–H and O–H groups in total. The second-order valence-electron chi connectivity index (χ2n) is 3.87. The molecular formula is C10H9BrINO3. The van der Waals surface area contributed by atoms with Crippen molar-refractivity contribution in [3.8, 4) is 0 Å². The zero-order valence-electron chi connectivity index (χ0n) is 8.24. The van der Waals surface area contributed by atoms with Crippen LogP contribution in [-0.4, -0.2) is 15.6 Å². The summed E-state index contributed by atoms with van der Waals surface area (Å²) in [4.78, 5) is 23.2. The minimum atomic E-state index is -1.03. The van der Waals surface area contributed by atoms with Gasteiger partial charge in [0.1, 0.15) is 5.54 Å². The predicted molar refractivity (Wildman–Crippen MR) is 70.6 cm³/mol. The summed E-state index contributed by atoms with van der Waals surface area (Å²) >= 11 is 5.23. The molecule has 0 atom stereocenters. The smallest absolute Gasteiger partial charge is 0.329 e. The topological polar surface area (TPSA) is 59.3 Å². The lowest BCUT2D eigenvalue weighted by Gasteiger charge is -2.39. The second-order valence-corrected chi connectivity index (χ2v) is 5.97. The molecule has 1 aliphatic rings. The molecule has 0 radical (unpaired) electrons. The highest BCUT2D eigenvalue weighted by Crippen LogP contribution is 2.38. The van der Waals surface area contributed by atoms with Crippen molar-refractivity contribution in [3.05, 3.63) is 30.7 Å². The molecule has 16 heavy (non-hydrogen) atoms. The molecule has 0 aromatic carbocycles. The van der Waals surface area contributed by atoms with Crippen molar-refractivity contribution in [2.75, 3.05) is 0 Å². The third-order valence-electron chi connectivity index (χ3n) is 2.98. The lowest BCUT2D eigenvalue weighted by atomic mass is 9.76. The summed E-state index contributed by atoms with van der Waals surface area (Å²) in [7, 11) is 0. The maximum Gasteiger partial charge on any atom is 0.329 e. The van der Waals surface area contributed by atoms with Gasteiger partial charge in [-0.15, -0.1) is 0 Å². The summed E-state index contributed by atoms with van der Waals surface area (Å²) in [6, 6.07) is 1.69. The fourth-order valence-electron chi connectivity index (χ4n) is 1.90. The van der Waals surface area contributed by atoms with Crippen LogP contribution < -0.4 is 5.56 Å². The fraction of sp³-hybridized carbons (Fsp3) is 0.400. The molecule has 0 spiro atoms. The third kappa shape index (κ3) is 1.71. The Bertz CT molecular complexity index is 507. The first-order valence-electron chi connectivity index (χ1n) is 4.79. The zero-order valence-corrected chi connectivity index (χ0v) is 12.0. The predicted octanol–water partition coefficient (Wildman–Crippen LogP) is 2.18. The number of halogens is 2. The summed E-state index contributed by atoms with van der Waals surface area (Å²) in [6.07, 6.45) is 3.51. The van der Waals surface area contributed by atoms with Crippen molar-refractivity contribution in [2.24, 2.45) is 0 Å². The third-order valence-corrected chi connectivity index (χ3v) is 4.14. The molecule has 1 aliphatic carbocycles. The van der Waals surface area contributed by atoms with E-state index in [0.29, 0.717) is 17.3 Å². The number of aliphatic carboxylic acids is 1. The lowest BCUT2D eigenvalue weighted by Crippen LogP contribution is -2.52. The highest BCUT2D eigenvalue weighted by Gasteiger charge is 2.47. The monoisotopic (exact) mass is 397 g/mol. The summed E-state index contributed by atoms with van der Waals surface area (Å²) in [6.45, 7) is 0. The van der Waals surface area contributed by atoms with Crippen LogP contribution in [0.1, 0.15) is 19.3 Å². The average molecular weight is 398 g/mol. The van der Waals surface area contributed by atoms with Gasteiger partial charge >= 0.3 is 5.97 Å². The molecule has 1 aromatic rings. The quantitative estimate of drug-likeness (QED) is 0.778. The van der Waals surface area contributed by atoms with Crippen molar-refractivity contribution in [1.29, 1.82) is 0 Å². The zero-order chi connectivity index (χ0) is 11.9. The Hall–Kier alpha value is -0.370. The highest BCUT2D eigenvalue weighted by molar-refractivity contribution is 14.1. The number of nitrogens with zero attached hydrogens (tertiary/aromatic N) is 1. The van der Waals surface area contributed by atoms with Crippen LogP contribution in [0.25, 0.3) is 0 Å². The van der Waals surface area contributed by atoms with Gasteiger partial charge in [0.2, 0.25) is 0 Å². The Balaban J connectivity index is 2.63. The molecule has 86 valence electrons. The minimum Gasteiger partial charge on any atom is -0.479 e. The lowest BCUT2D eigenvalue weighted by molar-refractivity contribution is -0.152. The summed E-state index contributed by atoms with van der Waals surface area (Å²) < 4.78 is 2.61. The Labute approximate surface area is 114 Å². The Morgan fingerprint density at radius 1 is 1.56 bits per heavy atom. The average Bonchev–Trinajstić information content (AvgIpc) is 2.10. The van der Waals surface area contributed by atoms with Crippen LogP contribution in [0.5, 0.6) is 0 Å². The molecule has 2 rings (SSSR count). The van der Waals surface area contributed by atoms with Crippen LogP contribution in [-0.2, 0) is 10.3 Å². The van der Waals surface area contributed by atoms with Gasteiger partial charge in [0.15, 0.2) is 0 Å². The Morgan fingerprint density at radius 2 is 2.19 bits per heavy atom. The number of aromatic nitrogens is 1. The van der Waals surface area contributed by atoms with E-state index in [2.05, 4.69) is 38.5 Å². The van der Waals surface area contributed by atoms with E-state index >= 15 is 0 Å². The van der Waals surface area contributed by atoms with E-state index in [0.717, 1.165) is 9.99 Å². The van der Waals surface area contributed by atoms with Gasteiger partial charge in [-0.25, -0.2) is 4.79 Å². The van der Waals surface area contributed by atoms with Gasteiger partial charge < -0.3 is 5.11 Å². The first-order valence-corrected chi connectivity index (χ1v) is 6.66. The van der Waals surface area contributed by atoms with E-state index in [-0.39, 0.29) is 5.56 Å². The van der Waals surface area contributed by atoms with E-state index in [1.165, 1.54) is 4.57 Å². The van der Waals surface area contributed by atoms with Gasteiger partial charge in [-0.3, -0.25) is 9.36 Å². The van der Waals surface area contributed by atoms with Gasteiger partial charge in [0, 0.05) is 9.77 Å². The van der Waals surface area contributed by atoms with Crippen LogP contribution in [0.15, 0.2) is 21.5 Å². The van der Waals surface area contributed by atoms with Gasteiger partial charge in [0.25, 0.3) is 5.56 Å². The number of pyridine rings is 1. The van der Waals surface area contributed by atoms with Gasteiger partial charge in [-0.2, -0.15) is 0 Å². The number of carboxylic acids is 1. The van der Waals surface area contributed by atoms with E-state index < -0.39 is 11.5 Å². The molecule has 1 saturated carbocycles. The number of hydrogen-bond donors (Lipinski definition) is 1. The van der Waals surface area contributed by atoms with Crippen molar-refractivity contribution in [1.82, 2.24) is 4.57 Å². The summed E-state index contributed by atoms with van der Waals surface area (Å²) in [5.41, 5.74) is -1.30. The van der Waals surface area contributed by atoms with Crippen LogP contribution in [0.4, 0.5) is 0 Å². The first kappa shape index (κ1) is 12.1.